The molecule has 6 nitrogen and oxygen atoms in total. The molecule has 0 bridgehead atoms. The quantitative estimate of drug-likeness (QED) is 0.799. The van der Waals surface area contributed by atoms with Gasteiger partial charge in [0.25, 0.3) is 5.89 Å². The number of rotatable bonds is 3. The number of nitrogens with zero attached hydrogens (tertiary/aromatic N) is 4. The van der Waals surface area contributed by atoms with E-state index in [9.17, 15) is 0 Å². The summed E-state index contributed by atoms with van der Waals surface area (Å²) in [6.07, 6.45) is 5.66. The van der Waals surface area contributed by atoms with E-state index in [1.165, 1.54) is 0 Å². The van der Waals surface area contributed by atoms with Crippen molar-refractivity contribution in [3.8, 4) is 0 Å². The summed E-state index contributed by atoms with van der Waals surface area (Å²) in [4.78, 5) is 11.1. The fraction of sp³-hybridized carbons (Fsp3) is 0.278. The zero-order valence-electron chi connectivity index (χ0n) is 13.5. The van der Waals surface area contributed by atoms with Crippen molar-refractivity contribution in [3.63, 3.8) is 0 Å². The van der Waals surface area contributed by atoms with Crippen LogP contribution < -0.4 is 5.32 Å². The predicted molar refractivity (Wildman–Crippen MR) is 93.2 cm³/mol. The van der Waals surface area contributed by atoms with Gasteiger partial charge in [-0.25, -0.2) is 0 Å². The van der Waals surface area contributed by atoms with Crippen LogP contribution in [0.25, 0.3) is 23.1 Å². The fourth-order valence-corrected chi connectivity index (χ4v) is 2.97. The molecule has 1 atom stereocenters. The standard InChI is InChI=1S/C18H19N5O/c1-23-11-10-19-12-16(23)18-21-17(24-22-18)7-6-13-8-9-20-15-5-3-2-4-14(13)15/h2-9,16,19H,10-12H2,1H3/b7-6+. The summed E-state index contributed by atoms with van der Waals surface area (Å²) in [5.74, 6) is 1.24. The van der Waals surface area contributed by atoms with Crippen molar-refractivity contribution in [3.05, 3.63) is 53.8 Å². The van der Waals surface area contributed by atoms with Crippen LogP contribution in [0.1, 0.15) is 23.3 Å². The van der Waals surface area contributed by atoms with Crippen LogP contribution in [0.15, 0.2) is 41.1 Å². The molecule has 3 heterocycles. The Morgan fingerprint density at radius 3 is 3.08 bits per heavy atom. The van der Waals surface area contributed by atoms with Gasteiger partial charge in [-0.15, -0.1) is 0 Å². The second-order valence-corrected chi connectivity index (χ2v) is 5.94. The molecule has 6 heteroatoms. The Morgan fingerprint density at radius 2 is 2.17 bits per heavy atom. The molecule has 1 unspecified atom stereocenters. The van der Waals surface area contributed by atoms with Crippen molar-refractivity contribution in [2.24, 2.45) is 0 Å². The highest BCUT2D eigenvalue weighted by molar-refractivity contribution is 5.89. The topological polar surface area (TPSA) is 67.1 Å². The molecule has 1 fully saturated rings. The van der Waals surface area contributed by atoms with Crippen molar-refractivity contribution in [1.82, 2.24) is 25.3 Å². The van der Waals surface area contributed by atoms with Gasteiger partial charge >= 0.3 is 0 Å². The number of para-hydroxylation sites is 1. The predicted octanol–water partition coefficient (Wildman–Crippen LogP) is 2.36. The number of aromatic nitrogens is 3. The van der Waals surface area contributed by atoms with Crippen LogP contribution in [0.5, 0.6) is 0 Å². The first-order valence-electron chi connectivity index (χ1n) is 8.08. The van der Waals surface area contributed by atoms with E-state index >= 15 is 0 Å². The van der Waals surface area contributed by atoms with Crippen molar-refractivity contribution in [1.29, 1.82) is 0 Å². The van der Waals surface area contributed by atoms with Crippen LogP contribution in [0.2, 0.25) is 0 Å². The largest absolute Gasteiger partial charge is 0.335 e. The molecule has 1 N–H and O–H groups in total. The van der Waals surface area contributed by atoms with Crippen molar-refractivity contribution >= 4 is 23.1 Å². The molecule has 122 valence electrons. The molecule has 3 aromatic rings. The molecule has 0 saturated carbocycles. The van der Waals surface area contributed by atoms with Gasteiger partial charge in [0.1, 0.15) is 0 Å². The van der Waals surface area contributed by atoms with E-state index in [-0.39, 0.29) is 6.04 Å². The van der Waals surface area contributed by atoms with Crippen molar-refractivity contribution in [2.75, 3.05) is 26.7 Å². The van der Waals surface area contributed by atoms with Crippen LogP contribution in [-0.2, 0) is 0 Å². The minimum Gasteiger partial charge on any atom is -0.335 e. The lowest BCUT2D eigenvalue weighted by Crippen LogP contribution is -2.44. The van der Waals surface area contributed by atoms with Gasteiger partial charge in [-0.3, -0.25) is 9.88 Å². The highest BCUT2D eigenvalue weighted by Gasteiger charge is 2.24. The third kappa shape index (κ3) is 2.93. The number of piperazine rings is 1. The summed E-state index contributed by atoms with van der Waals surface area (Å²) < 4.78 is 5.38. The van der Waals surface area contributed by atoms with Gasteiger partial charge in [-0.05, 0) is 30.8 Å². The zero-order chi connectivity index (χ0) is 16.4. The average molecular weight is 321 g/mol. The third-order valence-electron chi connectivity index (χ3n) is 4.35. The second-order valence-electron chi connectivity index (χ2n) is 5.94. The summed E-state index contributed by atoms with van der Waals surface area (Å²) in [7, 11) is 2.08. The van der Waals surface area contributed by atoms with Gasteiger partial charge < -0.3 is 9.84 Å². The molecule has 1 aliphatic heterocycles. The first kappa shape index (κ1) is 15.0. The van der Waals surface area contributed by atoms with Gasteiger partial charge in [0.05, 0.1) is 11.6 Å². The summed E-state index contributed by atoms with van der Waals surface area (Å²) in [6, 6.07) is 10.2. The molecular weight excluding hydrogens is 302 g/mol. The lowest BCUT2D eigenvalue weighted by Gasteiger charge is -2.30. The smallest absolute Gasteiger partial charge is 0.250 e. The van der Waals surface area contributed by atoms with Gasteiger partial charge in [0, 0.05) is 37.3 Å². The second kappa shape index (κ2) is 6.51. The Balaban J connectivity index is 1.58. The number of fused-ring (bicyclic) bond motifs is 1. The number of likely N-dealkylation sites (N-methyl/N-ethyl adjacent to an activating group) is 1. The zero-order valence-corrected chi connectivity index (χ0v) is 13.5. The molecule has 0 amide bonds. The molecular formula is C18H19N5O. The van der Waals surface area contributed by atoms with E-state index in [1.54, 1.807) is 0 Å². The molecule has 24 heavy (non-hydrogen) atoms. The van der Waals surface area contributed by atoms with Gasteiger partial charge in [-0.1, -0.05) is 23.4 Å². The molecule has 2 aromatic heterocycles. The summed E-state index contributed by atoms with van der Waals surface area (Å²) in [6.45, 7) is 2.81. The molecule has 4 rings (SSSR count). The van der Waals surface area contributed by atoms with Crippen molar-refractivity contribution in [2.45, 2.75) is 6.04 Å². The van der Waals surface area contributed by atoms with E-state index in [4.69, 9.17) is 4.52 Å². The van der Waals surface area contributed by atoms with Crippen LogP contribution in [-0.4, -0.2) is 46.7 Å². The number of pyridine rings is 1. The van der Waals surface area contributed by atoms with E-state index in [0.29, 0.717) is 5.89 Å². The minimum absolute atomic E-state index is 0.159. The van der Waals surface area contributed by atoms with E-state index in [1.807, 2.05) is 42.6 Å². The van der Waals surface area contributed by atoms with Crippen molar-refractivity contribution < 1.29 is 4.52 Å². The lowest BCUT2D eigenvalue weighted by molar-refractivity contribution is 0.190. The fourth-order valence-electron chi connectivity index (χ4n) is 2.97. The molecule has 0 radical (unpaired) electrons. The number of benzene rings is 1. The Hall–Kier alpha value is -2.57. The Bertz CT molecular complexity index is 867. The maximum Gasteiger partial charge on any atom is 0.250 e. The van der Waals surface area contributed by atoms with Gasteiger partial charge in [-0.2, -0.15) is 4.98 Å². The monoisotopic (exact) mass is 321 g/mol. The summed E-state index contributed by atoms with van der Waals surface area (Å²) >= 11 is 0. The van der Waals surface area contributed by atoms with Gasteiger partial charge in [0.2, 0.25) is 0 Å². The Labute approximate surface area is 140 Å². The first-order chi connectivity index (χ1) is 11.8. The van der Waals surface area contributed by atoms with Crippen LogP contribution >= 0.6 is 0 Å². The number of hydrogen-bond acceptors (Lipinski definition) is 6. The normalized spacial score (nSPS) is 19.3. The minimum atomic E-state index is 0.159. The maximum atomic E-state index is 5.38. The summed E-state index contributed by atoms with van der Waals surface area (Å²) in [5.41, 5.74) is 2.05. The number of hydrogen-bond donors (Lipinski definition) is 1. The van der Waals surface area contributed by atoms with Crippen LogP contribution in [0.4, 0.5) is 0 Å². The van der Waals surface area contributed by atoms with Crippen LogP contribution in [0, 0.1) is 0 Å². The Morgan fingerprint density at radius 1 is 1.25 bits per heavy atom. The molecule has 0 aliphatic carbocycles. The SMILES string of the molecule is CN1CCNCC1c1noc(/C=C/c2ccnc3ccccc23)n1. The molecule has 1 aliphatic rings. The van der Waals surface area contributed by atoms with Crippen LogP contribution in [0.3, 0.4) is 0 Å². The summed E-state index contributed by atoms with van der Waals surface area (Å²) in [5, 5.41) is 8.60. The van der Waals surface area contributed by atoms with Gasteiger partial charge in [0.15, 0.2) is 5.82 Å². The lowest BCUT2D eigenvalue weighted by atomic mass is 10.1. The molecule has 1 saturated heterocycles. The average Bonchev–Trinajstić information content (AvgIpc) is 3.09. The highest BCUT2D eigenvalue weighted by atomic mass is 16.5. The highest BCUT2D eigenvalue weighted by Crippen LogP contribution is 2.20. The van der Waals surface area contributed by atoms with E-state index in [0.717, 1.165) is 41.9 Å². The first-order valence-corrected chi connectivity index (χ1v) is 8.08. The van der Waals surface area contributed by atoms with E-state index in [2.05, 4.69) is 38.5 Å². The molecule has 0 spiro atoms. The maximum absolute atomic E-state index is 5.38. The number of nitrogens with one attached hydrogen (secondary N) is 1. The molecule has 1 aromatic carbocycles. The third-order valence-corrected chi connectivity index (χ3v) is 4.35. The van der Waals surface area contributed by atoms with E-state index < -0.39 is 0 Å². The Kier molecular flexibility index (Phi) is 4.06.